The Labute approximate surface area is 320 Å². The van der Waals surface area contributed by atoms with E-state index in [1.165, 1.54) is 90.5 Å². The average molecular weight is 724 g/mol. The van der Waals surface area contributed by atoms with E-state index in [-0.39, 0.29) is 18.4 Å². The molecule has 2 aliphatic rings. The second-order valence-electron chi connectivity index (χ2n) is 14.9. The summed E-state index contributed by atoms with van der Waals surface area (Å²) in [6.07, 6.45) is 12.5. The lowest BCUT2D eigenvalue weighted by Crippen LogP contribution is -2.40. The fraction of sp³-hybridized carbons (Fsp3) is 0.333. The molecule has 272 valence electrons. The molecular formula is C48H50ClNO3. The minimum absolute atomic E-state index is 0.0954. The fourth-order valence-corrected chi connectivity index (χ4v) is 8.99. The van der Waals surface area contributed by atoms with Crippen LogP contribution in [0.5, 0.6) is 0 Å². The highest BCUT2D eigenvalue weighted by Crippen LogP contribution is 2.47. The summed E-state index contributed by atoms with van der Waals surface area (Å²) >= 11 is 6.98. The Morgan fingerprint density at radius 1 is 0.660 bits per heavy atom. The number of rotatable bonds is 10. The van der Waals surface area contributed by atoms with Gasteiger partial charge in [0.25, 0.3) is 0 Å². The lowest BCUT2D eigenvalue weighted by Gasteiger charge is -2.36. The molecule has 53 heavy (non-hydrogen) atoms. The van der Waals surface area contributed by atoms with Crippen LogP contribution in [0.4, 0.5) is 0 Å². The van der Waals surface area contributed by atoms with Gasteiger partial charge >= 0.3 is 5.97 Å². The number of benzene rings is 5. The molecule has 4 nitrogen and oxygen atoms in total. The molecule has 1 atom stereocenters. The Morgan fingerprint density at radius 3 is 1.81 bits per heavy atom. The van der Waals surface area contributed by atoms with Crippen molar-refractivity contribution in [3.63, 3.8) is 0 Å². The van der Waals surface area contributed by atoms with E-state index < -0.39 is 11.6 Å². The van der Waals surface area contributed by atoms with Crippen molar-refractivity contribution in [3.05, 3.63) is 166 Å². The number of amides is 1. The zero-order valence-electron chi connectivity index (χ0n) is 30.8. The summed E-state index contributed by atoms with van der Waals surface area (Å²) in [7, 11) is 1.69. The molecule has 5 aromatic carbocycles. The second kappa shape index (κ2) is 17.0. The lowest BCUT2D eigenvalue weighted by molar-refractivity contribution is -0.157. The molecule has 1 amide bonds. The molecule has 0 bridgehead atoms. The third-order valence-corrected chi connectivity index (χ3v) is 11.8. The van der Waals surface area contributed by atoms with Crippen molar-refractivity contribution in [1.82, 2.24) is 4.90 Å². The van der Waals surface area contributed by atoms with E-state index in [1.54, 1.807) is 7.05 Å². The van der Waals surface area contributed by atoms with Gasteiger partial charge in [0.15, 0.2) is 5.60 Å². The van der Waals surface area contributed by atoms with Gasteiger partial charge in [-0.3, -0.25) is 9.59 Å². The van der Waals surface area contributed by atoms with Crippen LogP contribution in [-0.2, 0) is 19.9 Å². The normalized spacial score (nSPS) is 16.2. The number of halogens is 1. The molecular weight excluding hydrogens is 674 g/mol. The van der Waals surface area contributed by atoms with E-state index in [9.17, 15) is 9.59 Å². The maximum atomic E-state index is 14.2. The first-order valence-corrected chi connectivity index (χ1v) is 19.9. The van der Waals surface area contributed by atoms with Gasteiger partial charge in [0, 0.05) is 41.1 Å². The third kappa shape index (κ3) is 7.99. The van der Waals surface area contributed by atoms with E-state index in [4.69, 9.17) is 16.3 Å². The summed E-state index contributed by atoms with van der Waals surface area (Å²) in [5, 5.41) is 0.502. The van der Waals surface area contributed by atoms with Crippen LogP contribution < -0.4 is 0 Å². The van der Waals surface area contributed by atoms with Crippen LogP contribution in [0.25, 0.3) is 11.1 Å². The monoisotopic (exact) mass is 723 g/mol. The quantitative estimate of drug-likeness (QED) is 0.106. The minimum Gasteiger partial charge on any atom is -0.443 e. The molecule has 5 aromatic rings. The molecule has 7 rings (SSSR count). The van der Waals surface area contributed by atoms with E-state index in [0.717, 1.165) is 11.1 Å². The Bertz CT molecular complexity index is 1950. The van der Waals surface area contributed by atoms with Gasteiger partial charge in [-0.2, -0.15) is 0 Å². The number of esters is 1. The van der Waals surface area contributed by atoms with Crippen LogP contribution in [0.2, 0.25) is 5.02 Å². The maximum absolute atomic E-state index is 14.2. The summed E-state index contributed by atoms with van der Waals surface area (Å²) in [6.45, 7) is -0.185. The first-order valence-electron chi connectivity index (χ1n) is 19.5. The molecule has 0 radical (unpaired) electrons. The molecule has 1 unspecified atom stereocenters. The van der Waals surface area contributed by atoms with Gasteiger partial charge in [0.05, 0.1) is 0 Å². The number of hydrogen-bond donors (Lipinski definition) is 0. The molecule has 1 fully saturated rings. The molecule has 2 aliphatic carbocycles. The largest absolute Gasteiger partial charge is 0.443 e. The van der Waals surface area contributed by atoms with Gasteiger partial charge in [-0.25, -0.2) is 0 Å². The van der Waals surface area contributed by atoms with Gasteiger partial charge in [0.1, 0.15) is 6.54 Å². The zero-order valence-corrected chi connectivity index (χ0v) is 31.6. The molecule has 0 saturated heterocycles. The van der Waals surface area contributed by atoms with Crippen molar-refractivity contribution >= 4 is 23.5 Å². The Kier molecular flexibility index (Phi) is 11.8. The number of carbonyl (C=O) groups is 2. The molecule has 5 heteroatoms. The predicted octanol–water partition coefficient (Wildman–Crippen LogP) is 11.8. The predicted molar refractivity (Wildman–Crippen MR) is 215 cm³/mol. The van der Waals surface area contributed by atoms with E-state index >= 15 is 0 Å². The number of carbonyl (C=O) groups excluding carboxylic acids is 2. The van der Waals surface area contributed by atoms with Crippen molar-refractivity contribution in [1.29, 1.82) is 0 Å². The number of likely N-dealkylation sites (N-methyl/N-ethyl adjacent to an activating group) is 1. The van der Waals surface area contributed by atoms with Crippen LogP contribution in [0.3, 0.4) is 0 Å². The first kappa shape index (κ1) is 36.7. The van der Waals surface area contributed by atoms with Gasteiger partial charge in [-0.15, -0.1) is 0 Å². The number of hydrogen-bond acceptors (Lipinski definition) is 3. The van der Waals surface area contributed by atoms with Crippen LogP contribution in [0, 0.1) is 0 Å². The van der Waals surface area contributed by atoms with E-state index in [2.05, 4.69) is 72.8 Å². The molecule has 0 heterocycles. The SMILES string of the molecule is CN(CC(=O)OC(c1ccccc1)(c1ccc(C2CCCCCCCCC2)cc1)c1ccccc1Cl)C(=O)CCC1c2ccccc2-c2ccccc21. The molecule has 0 aliphatic heterocycles. The molecule has 1 saturated carbocycles. The summed E-state index contributed by atoms with van der Waals surface area (Å²) in [5.74, 6) is 0.0542. The van der Waals surface area contributed by atoms with E-state index in [1.807, 2.05) is 54.6 Å². The van der Waals surface area contributed by atoms with Gasteiger partial charge < -0.3 is 9.64 Å². The van der Waals surface area contributed by atoms with Crippen molar-refractivity contribution in [2.75, 3.05) is 13.6 Å². The fourth-order valence-electron chi connectivity index (χ4n) is 8.72. The molecule has 0 aromatic heterocycles. The summed E-state index contributed by atoms with van der Waals surface area (Å²) in [5.41, 5.74) is 7.27. The first-order chi connectivity index (χ1) is 26.0. The smallest absolute Gasteiger partial charge is 0.327 e. The Hall–Kier alpha value is -4.67. The van der Waals surface area contributed by atoms with E-state index in [0.29, 0.717) is 29.3 Å². The number of nitrogens with zero attached hydrogens (tertiary/aromatic N) is 1. The Balaban J connectivity index is 1.14. The highest BCUT2D eigenvalue weighted by molar-refractivity contribution is 6.31. The average Bonchev–Trinajstić information content (AvgIpc) is 3.52. The topological polar surface area (TPSA) is 46.6 Å². The van der Waals surface area contributed by atoms with Gasteiger partial charge in [-0.05, 0) is 59.1 Å². The summed E-state index contributed by atoms with van der Waals surface area (Å²) in [4.78, 5) is 29.3. The lowest BCUT2D eigenvalue weighted by atomic mass is 9.78. The standard InChI is InChI=1S/C48H50ClNO3/c1-50(46(51)33-32-43-41-24-14-12-22-39(41)40-23-13-15-25-42(40)43)34-47(52)53-48(37-20-10-7-11-21-37,44-26-16-17-27-45(44)49)38-30-28-36(29-31-38)35-18-8-5-3-2-4-6-9-19-35/h7,10-17,20-31,35,43H,2-6,8-9,18-19,32-34H2,1H3. The number of ether oxygens (including phenoxy) is 1. The van der Waals surface area contributed by atoms with Crippen LogP contribution in [-0.4, -0.2) is 30.4 Å². The highest BCUT2D eigenvalue weighted by Gasteiger charge is 2.42. The number of fused-ring (bicyclic) bond motifs is 3. The van der Waals surface area contributed by atoms with Crippen LogP contribution in [0.15, 0.2) is 127 Å². The van der Waals surface area contributed by atoms with Gasteiger partial charge in [0.2, 0.25) is 5.91 Å². The zero-order chi connectivity index (χ0) is 36.6. The summed E-state index contributed by atoms with van der Waals surface area (Å²) in [6, 6.07) is 43.0. The van der Waals surface area contributed by atoms with Crippen molar-refractivity contribution in [3.8, 4) is 11.1 Å². The highest BCUT2D eigenvalue weighted by atomic mass is 35.5. The van der Waals surface area contributed by atoms with Crippen molar-refractivity contribution < 1.29 is 14.3 Å². The van der Waals surface area contributed by atoms with Crippen LogP contribution in [0.1, 0.15) is 116 Å². The third-order valence-electron chi connectivity index (χ3n) is 11.5. The second-order valence-corrected chi connectivity index (χ2v) is 15.3. The molecule has 0 spiro atoms. The minimum atomic E-state index is -1.33. The summed E-state index contributed by atoms with van der Waals surface area (Å²) < 4.78 is 6.70. The molecule has 0 N–H and O–H groups in total. The maximum Gasteiger partial charge on any atom is 0.327 e. The van der Waals surface area contributed by atoms with Crippen molar-refractivity contribution in [2.45, 2.75) is 88.1 Å². The van der Waals surface area contributed by atoms with Crippen LogP contribution >= 0.6 is 11.6 Å². The Morgan fingerprint density at radius 2 is 1.19 bits per heavy atom. The van der Waals surface area contributed by atoms with Gasteiger partial charge in [-0.1, -0.05) is 178 Å². The van der Waals surface area contributed by atoms with Crippen molar-refractivity contribution in [2.24, 2.45) is 0 Å².